The van der Waals surface area contributed by atoms with Gasteiger partial charge in [0.2, 0.25) is 0 Å². The normalized spacial score (nSPS) is 10.7. The number of aromatic nitrogens is 1. The molecular formula is C11H11FN2. The number of nitrogens with two attached hydrogens (primary N) is 1. The molecule has 0 radical (unpaired) electrons. The van der Waals surface area contributed by atoms with Crippen molar-refractivity contribution in [1.82, 2.24) is 4.98 Å². The van der Waals surface area contributed by atoms with E-state index in [-0.39, 0.29) is 5.82 Å². The molecule has 0 saturated carbocycles. The molecule has 2 nitrogen and oxygen atoms in total. The van der Waals surface area contributed by atoms with Gasteiger partial charge in [0, 0.05) is 23.2 Å². The molecule has 2 aromatic rings. The van der Waals surface area contributed by atoms with Gasteiger partial charge in [-0.2, -0.15) is 0 Å². The maximum atomic E-state index is 13.3. The fourth-order valence-corrected chi connectivity index (χ4v) is 1.59. The van der Waals surface area contributed by atoms with E-state index in [1.165, 1.54) is 6.07 Å². The first-order chi connectivity index (χ1) is 6.83. The van der Waals surface area contributed by atoms with Crippen LogP contribution in [0.5, 0.6) is 0 Å². The van der Waals surface area contributed by atoms with E-state index >= 15 is 0 Å². The Morgan fingerprint density at radius 1 is 1.21 bits per heavy atom. The average Bonchev–Trinajstić information content (AvgIpc) is 2.23. The summed E-state index contributed by atoms with van der Waals surface area (Å²) in [4.78, 5) is 3.99. The van der Waals surface area contributed by atoms with Gasteiger partial charge < -0.3 is 5.73 Å². The molecule has 0 aliphatic heterocycles. The summed E-state index contributed by atoms with van der Waals surface area (Å²) < 4.78 is 13.3. The molecule has 1 aromatic heterocycles. The lowest BCUT2D eigenvalue weighted by Crippen LogP contribution is -2.03. The van der Waals surface area contributed by atoms with Crippen LogP contribution in [0.3, 0.4) is 0 Å². The van der Waals surface area contributed by atoms with Gasteiger partial charge in [0.05, 0.1) is 0 Å². The largest absolute Gasteiger partial charge is 0.330 e. The van der Waals surface area contributed by atoms with Gasteiger partial charge in [-0.05, 0) is 30.7 Å². The minimum absolute atomic E-state index is 0.205. The highest BCUT2D eigenvalue weighted by Crippen LogP contribution is 2.20. The van der Waals surface area contributed by atoms with Crippen molar-refractivity contribution in [3.8, 4) is 0 Å². The highest BCUT2D eigenvalue weighted by atomic mass is 19.1. The smallest absolute Gasteiger partial charge is 0.131 e. The maximum Gasteiger partial charge on any atom is 0.131 e. The molecule has 0 unspecified atom stereocenters. The summed E-state index contributed by atoms with van der Waals surface area (Å²) in [6.07, 6.45) is 4.03. The Kier molecular flexibility index (Phi) is 2.41. The molecule has 0 atom stereocenters. The van der Waals surface area contributed by atoms with E-state index in [9.17, 15) is 4.39 Å². The molecular weight excluding hydrogens is 179 g/mol. The van der Waals surface area contributed by atoms with E-state index in [1.54, 1.807) is 24.5 Å². The second-order valence-corrected chi connectivity index (χ2v) is 3.17. The van der Waals surface area contributed by atoms with Gasteiger partial charge in [-0.25, -0.2) is 4.39 Å². The predicted molar refractivity (Wildman–Crippen MR) is 54.5 cm³/mol. The van der Waals surface area contributed by atoms with Crippen molar-refractivity contribution in [3.05, 3.63) is 42.0 Å². The number of hydrogen-bond acceptors (Lipinski definition) is 2. The minimum Gasteiger partial charge on any atom is -0.330 e. The fraction of sp³-hybridized carbons (Fsp3) is 0.182. The third kappa shape index (κ3) is 1.46. The number of hydrogen-bond donors (Lipinski definition) is 1. The quantitative estimate of drug-likeness (QED) is 0.785. The summed E-state index contributed by atoms with van der Waals surface area (Å²) in [5.74, 6) is -0.205. The number of halogens is 1. The van der Waals surface area contributed by atoms with Crippen LogP contribution < -0.4 is 5.73 Å². The Hall–Kier alpha value is -1.48. The van der Waals surface area contributed by atoms with Crippen molar-refractivity contribution in [1.29, 1.82) is 0 Å². The Balaban J connectivity index is 2.68. The number of rotatable bonds is 2. The molecule has 0 fully saturated rings. The van der Waals surface area contributed by atoms with E-state index in [4.69, 9.17) is 5.73 Å². The van der Waals surface area contributed by atoms with E-state index in [1.807, 2.05) is 0 Å². The number of pyridine rings is 1. The fourth-order valence-electron chi connectivity index (χ4n) is 1.59. The Morgan fingerprint density at radius 3 is 2.86 bits per heavy atom. The first-order valence-electron chi connectivity index (χ1n) is 4.54. The molecule has 72 valence electrons. The van der Waals surface area contributed by atoms with Crippen molar-refractivity contribution in [2.24, 2.45) is 5.73 Å². The van der Waals surface area contributed by atoms with Crippen LogP contribution in [-0.4, -0.2) is 11.5 Å². The van der Waals surface area contributed by atoms with Gasteiger partial charge in [0.1, 0.15) is 5.82 Å². The van der Waals surface area contributed by atoms with Crippen molar-refractivity contribution in [2.75, 3.05) is 6.54 Å². The topological polar surface area (TPSA) is 38.9 Å². The molecule has 2 N–H and O–H groups in total. The highest BCUT2D eigenvalue weighted by molar-refractivity contribution is 5.85. The second kappa shape index (κ2) is 3.72. The Labute approximate surface area is 81.6 Å². The first-order valence-corrected chi connectivity index (χ1v) is 4.54. The summed E-state index contributed by atoms with van der Waals surface area (Å²) in [7, 11) is 0. The SMILES string of the molecule is NCCc1ccc(F)c2ccncc12. The summed E-state index contributed by atoms with van der Waals surface area (Å²) >= 11 is 0. The molecule has 0 spiro atoms. The molecule has 1 aromatic carbocycles. The van der Waals surface area contributed by atoms with Crippen LogP contribution in [0, 0.1) is 5.82 Å². The molecule has 14 heavy (non-hydrogen) atoms. The lowest BCUT2D eigenvalue weighted by Gasteiger charge is -2.05. The summed E-state index contributed by atoms with van der Waals surface area (Å²) in [5, 5.41) is 1.48. The third-order valence-electron chi connectivity index (χ3n) is 2.27. The zero-order valence-electron chi connectivity index (χ0n) is 7.70. The van der Waals surface area contributed by atoms with Gasteiger partial charge in [0.25, 0.3) is 0 Å². The molecule has 0 aliphatic carbocycles. The third-order valence-corrected chi connectivity index (χ3v) is 2.27. The van der Waals surface area contributed by atoms with Crippen LogP contribution >= 0.6 is 0 Å². The Bertz CT molecular complexity index is 454. The van der Waals surface area contributed by atoms with Gasteiger partial charge in [0.15, 0.2) is 0 Å². The van der Waals surface area contributed by atoms with Crippen LogP contribution in [0.25, 0.3) is 10.8 Å². The zero-order chi connectivity index (χ0) is 9.97. The molecule has 0 aliphatic rings. The van der Waals surface area contributed by atoms with E-state index < -0.39 is 0 Å². The van der Waals surface area contributed by atoms with Crippen LogP contribution in [-0.2, 0) is 6.42 Å². The number of benzene rings is 1. The van der Waals surface area contributed by atoms with E-state index in [2.05, 4.69) is 4.98 Å². The molecule has 0 saturated heterocycles. The molecule has 1 heterocycles. The van der Waals surface area contributed by atoms with Crippen LogP contribution in [0.15, 0.2) is 30.6 Å². The van der Waals surface area contributed by atoms with Gasteiger partial charge in [-0.15, -0.1) is 0 Å². The minimum atomic E-state index is -0.205. The maximum absolute atomic E-state index is 13.3. The average molecular weight is 190 g/mol. The molecule has 0 amide bonds. The predicted octanol–water partition coefficient (Wildman–Crippen LogP) is 1.88. The molecule has 2 rings (SSSR count). The molecule has 3 heteroatoms. The Morgan fingerprint density at radius 2 is 2.07 bits per heavy atom. The first kappa shape index (κ1) is 9.09. The number of fused-ring (bicyclic) bond motifs is 1. The summed E-state index contributed by atoms with van der Waals surface area (Å²) in [6, 6.07) is 4.93. The summed E-state index contributed by atoms with van der Waals surface area (Å²) in [5.41, 5.74) is 6.53. The van der Waals surface area contributed by atoms with Crippen molar-refractivity contribution in [2.45, 2.75) is 6.42 Å². The van der Waals surface area contributed by atoms with E-state index in [0.717, 1.165) is 17.4 Å². The summed E-state index contributed by atoms with van der Waals surface area (Å²) in [6.45, 7) is 0.565. The van der Waals surface area contributed by atoms with Gasteiger partial charge in [-0.3, -0.25) is 4.98 Å². The van der Waals surface area contributed by atoms with E-state index in [0.29, 0.717) is 11.9 Å². The lowest BCUT2D eigenvalue weighted by atomic mass is 10.0. The van der Waals surface area contributed by atoms with Crippen molar-refractivity contribution < 1.29 is 4.39 Å². The van der Waals surface area contributed by atoms with Gasteiger partial charge in [-0.1, -0.05) is 6.07 Å². The van der Waals surface area contributed by atoms with Crippen molar-refractivity contribution >= 4 is 10.8 Å². The van der Waals surface area contributed by atoms with Crippen LogP contribution in [0.4, 0.5) is 4.39 Å². The lowest BCUT2D eigenvalue weighted by molar-refractivity contribution is 0.639. The standard InChI is InChI=1S/C11H11FN2/c12-11-2-1-8(3-5-13)10-7-14-6-4-9(10)11/h1-2,4,6-7H,3,5,13H2. The monoisotopic (exact) mass is 190 g/mol. The van der Waals surface area contributed by atoms with Gasteiger partial charge >= 0.3 is 0 Å². The number of nitrogens with zero attached hydrogens (tertiary/aromatic N) is 1. The van der Waals surface area contributed by atoms with Crippen molar-refractivity contribution in [3.63, 3.8) is 0 Å². The van der Waals surface area contributed by atoms with Crippen LogP contribution in [0.2, 0.25) is 0 Å². The molecule has 0 bridgehead atoms. The zero-order valence-corrected chi connectivity index (χ0v) is 7.70. The highest BCUT2D eigenvalue weighted by Gasteiger charge is 2.04. The van der Waals surface area contributed by atoms with Crippen LogP contribution in [0.1, 0.15) is 5.56 Å². The second-order valence-electron chi connectivity index (χ2n) is 3.17.